The average molecular weight is 324 g/mol. The second kappa shape index (κ2) is 5.68. The molecule has 0 saturated heterocycles. The molecule has 0 saturated carbocycles. The highest BCUT2D eigenvalue weighted by Gasteiger charge is 2.16. The van der Waals surface area contributed by atoms with E-state index in [1.807, 2.05) is 12.1 Å². The monoisotopic (exact) mass is 323 g/mol. The molecule has 1 aliphatic carbocycles. The van der Waals surface area contributed by atoms with E-state index in [1.54, 1.807) is 17.4 Å². The standard InChI is InChI=1S/C14H14ClN3S2/c15-8-5-6-10(9(7-8)13(16)19)17-14-18-11-3-1-2-4-12(11)20-14/h5-7H,1-4H2,(H2,16,19)(H,17,18). The van der Waals surface area contributed by atoms with Crippen molar-refractivity contribution in [1.82, 2.24) is 4.98 Å². The van der Waals surface area contributed by atoms with Crippen LogP contribution in [0.5, 0.6) is 0 Å². The predicted molar refractivity (Wildman–Crippen MR) is 89.4 cm³/mol. The highest BCUT2D eigenvalue weighted by Crippen LogP contribution is 2.32. The maximum atomic E-state index is 5.99. The Kier molecular flexibility index (Phi) is 3.92. The van der Waals surface area contributed by atoms with Crippen molar-refractivity contribution in [3.05, 3.63) is 39.4 Å². The van der Waals surface area contributed by atoms with Crippen LogP contribution in [-0.2, 0) is 12.8 Å². The number of benzene rings is 1. The smallest absolute Gasteiger partial charge is 0.187 e. The van der Waals surface area contributed by atoms with Crippen LogP contribution in [0.25, 0.3) is 0 Å². The summed E-state index contributed by atoms with van der Waals surface area (Å²) in [6.07, 6.45) is 4.71. The Morgan fingerprint density at radius 3 is 2.90 bits per heavy atom. The molecule has 1 aromatic carbocycles. The third-order valence-electron chi connectivity index (χ3n) is 3.33. The Bertz CT molecular complexity index is 643. The molecule has 1 heterocycles. The zero-order chi connectivity index (χ0) is 14.1. The molecule has 6 heteroatoms. The number of nitrogens with one attached hydrogen (secondary N) is 1. The molecule has 0 atom stereocenters. The number of anilines is 2. The minimum Gasteiger partial charge on any atom is -0.389 e. The fourth-order valence-electron chi connectivity index (χ4n) is 2.35. The first-order chi connectivity index (χ1) is 9.63. The quantitative estimate of drug-likeness (QED) is 0.837. The molecule has 0 amide bonds. The summed E-state index contributed by atoms with van der Waals surface area (Å²) in [6, 6.07) is 5.48. The van der Waals surface area contributed by atoms with E-state index in [2.05, 4.69) is 10.3 Å². The molecule has 2 aromatic rings. The molecule has 0 radical (unpaired) electrons. The number of rotatable bonds is 3. The third kappa shape index (κ3) is 2.80. The van der Waals surface area contributed by atoms with E-state index < -0.39 is 0 Å². The number of nitrogens with two attached hydrogens (primary N) is 1. The van der Waals surface area contributed by atoms with Gasteiger partial charge in [0.25, 0.3) is 0 Å². The lowest BCUT2D eigenvalue weighted by molar-refractivity contribution is 0.683. The molecule has 0 unspecified atom stereocenters. The van der Waals surface area contributed by atoms with Crippen LogP contribution in [0.4, 0.5) is 10.8 Å². The molecular weight excluding hydrogens is 310 g/mol. The van der Waals surface area contributed by atoms with E-state index in [-0.39, 0.29) is 0 Å². The highest BCUT2D eigenvalue weighted by molar-refractivity contribution is 7.80. The number of aromatic nitrogens is 1. The van der Waals surface area contributed by atoms with E-state index >= 15 is 0 Å². The molecule has 3 rings (SSSR count). The first-order valence-corrected chi connectivity index (χ1v) is 8.09. The van der Waals surface area contributed by atoms with Crippen molar-refractivity contribution in [3.63, 3.8) is 0 Å². The molecule has 3 N–H and O–H groups in total. The number of nitrogens with zero attached hydrogens (tertiary/aromatic N) is 1. The molecule has 0 aliphatic heterocycles. The number of thiocarbonyl (C=S) groups is 1. The summed E-state index contributed by atoms with van der Waals surface area (Å²) in [6.45, 7) is 0. The summed E-state index contributed by atoms with van der Waals surface area (Å²) < 4.78 is 0. The van der Waals surface area contributed by atoms with Crippen molar-refractivity contribution < 1.29 is 0 Å². The Morgan fingerprint density at radius 2 is 2.15 bits per heavy atom. The summed E-state index contributed by atoms with van der Waals surface area (Å²) in [4.78, 5) is 6.38. The molecule has 0 bridgehead atoms. The summed E-state index contributed by atoms with van der Waals surface area (Å²) in [5, 5.41) is 4.84. The van der Waals surface area contributed by atoms with Crippen molar-refractivity contribution in [1.29, 1.82) is 0 Å². The number of hydrogen-bond donors (Lipinski definition) is 2. The van der Waals surface area contributed by atoms with Crippen LogP contribution in [0.2, 0.25) is 5.02 Å². The fourth-order valence-corrected chi connectivity index (χ4v) is 3.75. The van der Waals surface area contributed by atoms with Gasteiger partial charge in [0.2, 0.25) is 0 Å². The first-order valence-electron chi connectivity index (χ1n) is 6.48. The molecule has 1 aliphatic rings. The van der Waals surface area contributed by atoms with E-state index in [4.69, 9.17) is 29.6 Å². The predicted octanol–water partition coefficient (Wildman–Crippen LogP) is 4.05. The number of thiazole rings is 1. The summed E-state index contributed by atoms with van der Waals surface area (Å²) in [7, 11) is 0. The van der Waals surface area contributed by atoms with Crippen LogP contribution in [-0.4, -0.2) is 9.97 Å². The molecule has 3 nitrogen and oxygen atoms in total. The van der Waals surface area contributed by atoms with Gasteiger partial charge in [0.05, 0.1) is 11.4 Å². The molecule has 20 heavy (non-hydrogen) atoms. The van der Waals surface area contributed by atoms with Crippen molar-refractivity contribution in [2.45, 2.75) is 25.7 Å². The molecule has 104 valence electrons. The fraction of sp³-hybridized carbons (Fsp3) is 0.286. The van der Waals surface area contributed by atoms with E-state index in [1.165, 1.54) is 23.4 Å². The van der Waals surface area contributed by atoms with E-state index in [0.717, 1.165) is 29.2 Å². The molecular formula is C14H14ClN3S2. The molecule has 1 aromatic heterocycles. The summed E-state index contributed by atoms with van der Waals surface area (Å²) in [5.74, 6) is 0. The average Bonchev–Trinajstić information content (AvgIpc) is 2.82. The van der Waals surface area contributed by atoms with Crippen molar-refractivity contribution in [2.75, 3.05) is 5.32 Å². The van der Waals surface area contributed by atoms with Crippen LogP contribution < -0.4 is 11.1 Å². The second-order valence-corrected chi connectivity index (χ2v) is 6.74. The molecule has 0 spiro atoms. The van der Waals surface area contributed by atoms with Crippen molar-refractivity contribution in [2.24, 2.45) is 5.73 Å². The van der Waals surface area contributed by atoms with Gasteiger partial charge >= 0.3 is 0 Å². The minimum absolute atomic E-state index is 0.330. The minimum atomic E-state index is 0.330. The largest absolute Gasteiger partial charge is 0.389 e. The van der Waals surface area contributed by atoms with Crippen LogP contribution in [0, 0.1) is 0 Å². The maximum Gasteiger partial charge on any atom is 0.187 e. The van der Waals surface area contributed by atoms with Gasteiger partial charge in [-0.3, -0.25) is 0 Å². The SMILES string of the molecule is NC(=S)c1cc(Cl)ccc1Nc1nc2c(s1)CCCC2. The Labute approximate surface area is 132 Å². The zero-order valence-electron chi connectivity index (χ0n) is 10.8. The van der Waals surface area contributed by atoms with Gasteiger partial charge in [-0.1, -0.05) is 23.8 Å². The lowest BCUT2D eigenvalue weighted by Gasteiger charge is -2.09. The Morgan fingerprint density at radius 1 is 1.35 bits per heavy atom. The lowest BCUT2D eigenvalue weighted by atomic mass is 10.0. The number of fused-ring (bicyclic) bond motifs is 1. The van der Waals surface area contributed by atoms with Gasteiger partial charge in [-0.05, 0) is 43.9 Å². The third-order valence-corrected chi connectivity index (χ3v) is 4.86. The first kappa shape index (κ1) is 13.8. The van der Waals surface area contributed by atoms with Crippen molar-refractivity contribution in [3.8, 4) is 0 Å². The topological polar surface area (TPSA) is 50.9 Å². The van der Waals surface area contributed by atoms with Crippen LogP contribution in [0.3, 0.4) is 0 Å². The highest BCUT2D eigenvalue weighted by atomic mass is 35.5. The zero-order valence-corrected chi connectivity index (χ0v) is 13.2. The number of aryl methyl sites for hydroxylation is 2. The normalized spacial score (nSPS) is 13.8. The Balaban J connectivity index is 1.91. The Hall–Kier alpha value is -1.17. The maximum absolute atomic E-state index is 5.99. The number of halogens is 1. The summed E-state index contributed by atoms with van der Waals surface area (Å²) in [5.41, 5.74) is 8.59. The summed E-state index contributed by atoms with van der Waals surface area (Å²) >= 11 is 12.8. The van der Waals surface area contributed by atoms with Gasteiger partial charge < -0.3 is 11.1 Å². The number of hydrogen-bond acceptors (Lipinski definition) is 4. The van der Waals surface area contributed by atoms with Crippen LogP contribution in [0.15, 0.2) is 18.2 Å². The van der Waals surface area contributed by atoms with E-state index in [9.17, 15) is 0 Å². The van der Waals surface area contributed by atoms with Gasteiger partial charge in [-0.15, -0.1) is 11.3 Å². The van der Waals surface area contributed by atoms with Gasteiger partial charge in [0.1, 0.15) is 4.99 Å². The van der Waals surface area contributed by atoms with Gasteiger partial charge in [-0.25, -0.2) is 4.98 Å². The van der Waals surface area contributed by atoms with Crippen LogP contribution >= 0.6 is 35.2 Å². The van der Waals surface area contributed by atoms with Gasteiger partial charge in [0.15, 0.2) is 5.13 Å². The van der Waals surface area contributed by atoms with E-state index in [0.29, 0.717) is 10.0 Å². The van der Waals surface area contributed by atoms with Gasteiger partial charge in [0, 0.05) is 15.5 Å². The van der Waals surface area contributed by atoms with Gasteiger partial charge in [-0.2, -0.15) is 0 Å². The van der Waals surface area contributed by atoms with Crippen molar-refractivity contribution >= 4 is 51.0 Å². The molecule has 0 fully saturated rings. The second-order valence-electron chi connectivity index (χ2n) is 4.78. The van der Waals surface area contributed by atoms with Crippen LogP contribution in [0.1, 0.15) is 29.0 Å². The lowest BCUT2D eigenvalue weighted by Crippen LogP contribution is -2.11.